The van der Waals surface area contributed by atoms with E-state index >= 15 is 0 Å². The first-order chi connectivity index (χ1) is 11.3. The standard InChI is InChI=1S/C18H23N3O2/c19-13-15-4-6-16(7-5-15)14-20-8-2-9-21(11-10-20)18(22)17-3-1-12-23-17/h4-7,17H,1-3,8-12,14H2. The molecule has 2 aliphatic rings. The molecule has 0 aliphatic carbocycles. The third kappa shape index (κ3) is 4.10. The van der Waals surface area contributed by atoms with Gasteiger partial charge in [0, 0.05) is 39.3 Å². The molecular weight excluding hydrogens is 290 g/mol. The number of ether oxygens (including phenoxy) is 1. The van der Waals surface area contributed by atoms with Crippen LogP contribution < -0.4 is 0 Å². The summed E-state index contributed by atoms with van der Waals surface area (Å²) in [5.41, 5.74) is 1.90. The number of hydrogen-bond acceptors (Lipinski definition) is 4. The van der Waals surface area contributed by atoms with E-state index in [-0.39, 0.29) is 12.0 Å². The average Bonchev–Trinajstić information content (AvgIpc) is 3.02. The minimum absolute atomic E-state index is 0.169. The van der Waals surface area contributed by atoms with Gasteiger partial charge in [0.15, 0.2) is 0 Å². The number of carbonyl (C=O) groups is 1. The molecule has 0 saturated carbocycles. The Bertz CT molecular complexity index is 573. The molecule has 0 aromatic heterocycles. The molecule has 1 amide bonds. The molecule has 0 spiro atoms. The van der Waals surface area contributed by atoms with Crippen LogP contribution in [-0.2, 0) is 16.1 Å². The van der Waals surface area contributed by atoms with Gasteiger partial charge in [0.2, 0.25) is 0 Å². The first-order valence-electron chi connectivity index (χ1n) is 8.38. The lowest BCUT2D eigenvalue weighted by atomic mass is 10.1. The predicted molar refractivity (Wildman–Crippen MR) is 86.6 cm³/mol. The number of nitriles is 1. The zero-order valence-corrected chi connectivity index (χ0v) is 13.4. The van der Waals surface area contributed by atoms with Gasteiger partial charge in [0.05, 0.1) is 11.6 Å². The number of rotatable bonds is 3. The summed E-state index contributed by atoms with van der Waals surface area (Å²) in [6, 6.07) is 9.89. The zero-order chi connectivity index (χ0) is 16.1. The van der Waals surface area contributed by atoms with Crippen molar-refractivity contribution in [2.75, 3.05) is 32.8 Å². The number of carbonyl (C=O) groups excluding carboxylic acids is 1. The maximum atomic E-state index is 12.4. The van der Waals surface area contributed by atoms with E-state index in [1.54, 1.807) is 0 Å². The van der Waals surface area contributed by atoms with Crippen molar-refractivity contribution in [1.29, 1.82) is 5.26 Å². The summed E-state index contributed by atoms with van der Waals surface area (Å²) in [7, 11) is 0. The van der Waals surface area contributed by atoms with Crippen LogP contribution >= 0.6 is 0 Å². The Morgan fingerprint density at radius 2 is 2.00 bits per heavy atom. The van der Waals surface area contributed by atoms with Gasteiger partial charge in [-0.25, -0.2) is 0 Å². The first kappa shape index (κ1) is 16.0. The van der Waals surface area contributed by atoms with Crippen molar-refractivity contribution in [3.05, 3.63) is 35.4 Å². The van der Waals surface area contributed by atoms with Gasteiger partial charge in [0.25, 0.3) is 5.91 Å². The van der Waals surface area contributed by atoms with Gasteiger partial charge in [0.1, 0.15) is 6.10 Å². The van der Waals surface area contributed by atoms with Gasteiger partial charge >= 0.3 is 0 Å². The lowest BCUT2D eigenvalue weighted by Crippen LogP contribution is -2.41. The van der Waals surface area contributed by atoms with Crippen molar-refractivity contribution in [3.8, 4) is 6.07 Å². The minimum Gasteiger partial charge on any atom is -0.368 e. The van der Waals surface area contributed by atoms with Crippen LogP contribution in [0.1, 0.15) is 30.4 Å². The molecule has 5 nitrogen and oxygen atoms in total. The fraction of sp³-hybridized carbons (Fsp3) is 0.556. The molecule has 2 fully saturated rings. The topological polar surface area (TPSA) is 56.6 Å². The summed E-state index contributed by atoms with van der Waals surface area (Å²) in [6.45, 7) is 5.06. The number of amides is 1. The maximum Gasteiger partial charge on any atom is 0.251 e. The van der Waals surface area contributed by atoms with E-state index in [4.69, 9.17) is 10.00 Å². The SMILES string of the molecule is N#Cc1ccc(CN2CCCN(C(=O)C3CCCO3)CC2)cc1. The van der Waals surface area contributed by atoms with E-state index in [1.165, 1.54) is 5.56 Å². The van der Waals surface area contributed by atoms with Crippen LogP contribution in [0, 0.1) is 11.3 Å². The van der Waals surface area contributed by atoms with Gasteiger partial charge in [-0.05, 0) is 37.0 Å². The largest absolute Gasteiger partial charge is 0.368 e. The number of hydrogen-bond donors (Lipinski definition) is 0. The molecule has 1 atom stereocenters. The molecule has 2 saturated heterocycles. The third-order valence-electron chi connectivity index (χ3n) is 4.59. The van der Waals surface area contributed by atoms with E-state index in [0.717, 1.165) is 58.6 Å². The Balaban J connectivity index is 1.53. The van der Waals surface area contributed by atoms with E-state index in [9.17, 15) is 4.79 Å². The third-order valence-corrected chi connectivity index (χ3v) is 4.59. The normalized spacial score (nSPS) is 22.6. The van der Waals surface area contributed by atoms with Gasteiger partial charge in [-0.2, -0.15) is 5.26 Å². The quantitative estimate of drug-likeness (QED) is 0.853. The van der Waals surface area contributed by atoms with Crippen molar-refractivity contribution in [3.63, 3.8) is 0 Å². The molecule has 122 valence electrons. The van der Waals surface area contributed by atoms with E-state index in [1.807, 2.05) is 29.2 Å². The van der Waals surface area contributed by atoms with Crippen molar-refractivity contribution in [2.24, 2.45) is 0 Å². The van der Waals surface area contributed by atoms with Crippen molar-refractivity contribution >= 4 is 5.91 Å². The zero-order valence-electron chi connectivity index (χ0n) is 13.4. The lowest BCUT2D eigenvalue weighted by molar-refractivity contribution is -0.140. The summed E-state index contributed by atoms with van der Waals surface area (Å²) < 4.78 is 5.52. The van der Waals surface area contributed by atoms with Crippen molar-refractivity contribution in [1.82, 2.24) is 9.80 Å². The Morgan fingerprint density at radius 1 is 1.17 bits per heavy atom. The molecule has 3 rings (SSSR count). The van der Waals surface area contributed by atoms with Gasteiger partial charge < -0.3 is 9.64 Å². The van der Waals surface area contributed by atoms with Crippen molar-refractivity contribution < 1.29 is 9.53 Å². The monoisotopic (exact) mass is 313 g/mol. The second-order valence-electron chi connectivity index (χ2n) is 6.27. The average molecular weight is 313 g/mol. The number of benzene rings is 1. The summed E-state index contributed by atoms with van der Waals surface area (Å²) in [4.78, 5) is 16.8. The Hall–Kier alpha value is -1.90. The minimum atomic E-state index is -0.208. The molecule has 2 aliphatic heterocycles. The molecule has 0 radical (unpaired) electrons. The van der Waals surface area contributed by atoms with E-state index in [0.29, 0.717) is 5.56 Å². The van der Waals surface area contributed by atoms with Crippen LogP contribution in [0.15, 0.2) is 24.3 Å². The summed E-state index contributed by atoms with van der Waals surface area (Å²) in [6.07, 6.45) is 2.65. The second-order valence-corrected chi connectivity index (χ2v) is 6.27. The highest BCUT2D eigenvalue weighted by atomic mass is 16.5. The smallest absolute Gasteiger partial charge is 0.251 e. The predicted octanol–water partition coefficient (Wildman–Crippen LogP) is 1.77. The fourth-order valence-electron chi connectivity index (χ4n) is 3.27. The lowest BCUT2D eigenvalue weighted by Gasteiger charge is -2.24. The van der Waals surface area contributed by atoms with Gasteiger partial charge in [-0.3, -0.25) is 9.69 Å². The molecular formula is C18H23N3O2. The molecule has 5 heteroatoms. The van der Waals surface area contributed by atoms with E-state index in [2.05, 4.69) is 11.0 Å². The molecule has 1 aromatic rings. The molecule has 1 aromatic carbocycles. The summed E-state index contributed by atoms with van der Waals surface area (Å²) >= 11 is 0. The van der Waals surface area contributed by atoms with Crippen molar-refractivity contribution in [2.45, 2.75) is 31.9 Å². The fourth-order valence-corrected chi connectivity index (χ4v) is 3.27. The Kier molecular flexibility index (Phi) is 5.27. The number of nitrogens with zero attached hydrogens (tertiary/aromatic N) is 3. The van der Waals surface area contributed by atoms with Crippen LogP contribution in [-0.4, -0.2) is 54.6 Å². The maximum absolute atomic E-state index is 12.4. The van der Waals surface area contributed by atoms with Crippen LogP contribution in [0.25, 0.3) is 0 Å². The highest BCUT2D eigenvalue weighted by Crippen LogP contribution is 2.17. The highest BCUT2D eigenvalue weighted by molar-refractivity contribution is 5.81. The van der Waals surface area contributed by atoms with Crippen LogP contribution in [0.5, 0.6) is 0 Å². The van der Waals surface area contributed by atoms with Crippen LogP contribution in [0.4, 0.5) is 0 Å². The summed E-state index contributed by atoms with van der Waals surface area (Å²) in [5.74, 6) is 0.169. The molecule has 23 heavy (non-hydrogen) atoms. The Morgan fingerprint density at radius 3 is 2.70 bits per heavy atom. The van der Waals surface area contributed by atoms with Crippen LogP contribution in [0.3, 0.4) is 0 Å². The highest BCUT2D eigenvalue weighted by Gasteiger charge is 2.29. The molecule has 0 bridgehead atoms. The Labute approximate surface area is 137 Å². The van der Waals surface area contributed by atoms with Gasteiger partial charge in [-0.15, -0.1) is 0 Å². The molecule has 1 unspecified atom stereocenters. The van der Waals surface area contributed by atoms with E-state index < -0.39 is 0 Å². The first-order valence-corrected chi connectivity index (χ1v) is 8.38. The molecule has 2 heterocycles. The second kappa shape index (κ2) is 7.58. The van der Waals surface area contributed by atoms with Gasteiger partial charge in [-0.1, -0.05) is 12.1 Å². The van der Waals surface area contributed by atoms with Crippen LogP contribution in [0.2, 0.25) is 0 Å². The summed E-state index contributed by atoms with van der Waals surface area (Å²) in [5, 5.41) is 8.85. The molecule has 0 N–H and O–H groups in total.